The van der Waals surface area contributed by atoms with Gasteiger partial charge in [0.1, 0.15) is 0 Å². The summed E-state index contributed by atoms with van der Waals surface area (Å²) in [5.74, 6) is 1.72. The average molecular weight is 451 g/mol. The highest BCUT2D eigenvalue weighted by molar-refractivity contribution is 7.89. The Morgan fingerprint density at radius 2 is 1.84 bits per heavy atom. The van der Waals surface area contributed by atoms with Crippen LogP contribution in [-0.4, -0.2) is 48.3 Å². The summed E-state index contributed by atoms with van der Waals surface area (Å²) in [6.45, 7) is 1.17. The van der Waals surface area contributed by atoms with Gasteiger partial charge in [0.15, 0.2) is 23.0 Å². The molecule has 0 aliphatic carbocycles. The first kappa shape index (κ1) is 22.7. The Hall–Kier alpha value is -2.98. The van der Waals surface area contributed by atoms with Crippen LogP contribution in [0.2, 0.25) is 0 Å². The molecule has 168 valence electrons. The zero-order valence-electron chi connectivity index (χ0n) is 17.5. The molecule has 0 bridgehead atoms. The minimum atomic E-state index is -3.79. The number of benzene rings is 2. The number of hydrogen-bond acceptors (Lipinski definition) is 7. The summed E-state index contributed by atoms with van der Waals surface area (Å²) >= 11 is 0. The maximum absolute atomic E-state index is 12.5. The highest BCUT2D eigenvalue weighted by Gasteiger charge is 2.19. The van der Waals surface area contributed by atoms with Crippen LogP contribution in [0, 0.1) is 0 Å². The van der Waals surface area contributed by atoms with Crippen molar-refractivity contribution in [3.05, 3.63) is 42.0 Å². The number of nitrogens with one attached hydrogen (secondary N) is 2. The number of amides is 1. The Labute approximate surface area is 181 Å². The number of sulfonamides is 1. The van der Waals surface area contributed by atoms with Crippen LogP contribution in [0.25, 0.3) is 0 Å². The SMILES string of the molecule is COc1cccc(CNC(=O)CCNS(=O)(=O)c2ccc3c(c2)OCCCO3)c1OC. The van der Waals surface area contributed by atoms with E-state index in [4.69, 9.17) is 18.9 Å². The van der Waals surface area contributed by atoms with E-state index in [1.54, 1.807) is 18.2 Å². The molecular weight excluding hydrogens is 424 g/mol. The molecule has 2 N–H and O–H groups in total. The summed E-state index contributed by atoms with van der Waals surface area (Å²) in [6.07, 6.45) is 0.710. The second-order valence-electron chi connectivity index (χ2n) is 6.74. The summed E-state index contributed by atoms with van der Waals surface area (Å²) in [5, 5.41) is 2.75. The predicted octanol–water partition coefficient (Wildman–Crippen LogP) is 1.85. The average Bonchev–Trinajstić information content (AvgIpc) is 3.02. The molecule has 0 spiro atoms. The highest BCUT2D eigenvalue weighted by atomic mass is 32.2. The lowest BCUT2D eigenvalue weighted by Gasteiger charge is -2.13. The van der Waals surface area contributed by atoms with E-state index in [2.05, 4.69) is 10.0 Å². The maximum Gasteiger partial charge on any atom is 0.240 e. The van der Waals surface area contributed by atoms with E-state index >= 15 is 0 Å². The van der Waals surface area contributed by atoms with Crippen LogP contribution in [0.5, 0.6) is 23.0 Å². The maximum atomic E-state index is 12.5. The standard InChI is InChI=1S/C21H26N2O7S/c1-27-18-6-3-5-15(21(18)28-2)14-22-20(24)9-10-23-31(25,26)16-7-8-17-19(13-16)30-12-4-11-29-17/h3,5-8,13,23H,4,9-12,14H2,1-2H3,(H,22,24). The van der Waals surface area contributed by atoms with Gasteiger partial charge in [0, 0.05) is 37.6 Å². The molecule has 0 unspecified atom stereocenters. The normalized spacial score (nSPS) is 13.2. The van der Waals surface area contributed by atoms with Crippen LogP contribution in [0.15, 0.2) is 41.3 Å². The van der Waals surface area contributed by atoms with Gasteiger partial charge in [-0.15, -0.1) is 0 Å². The second kappa shape index (κ2) is 10.4. The molecule has 1 aliphatic rings. The third-order valence-electron chi connectivity index (χ3n) is 4.63. The third kappa shape index (κ3) is 5.80. The monoisotopic (exact) mass is 450 g/mol. The van der Waals surface area contributed by atoms with E-state index in [9.17, 15) is 13.2 Å². The van der Waals surface area contributed by atoms with E-state index < -0.39 is 10.0 Å². The van der Waals surface area contributed by atoms with Crippen molar-refractivity contribution in [2.24, 2.45) is 0 Å². The fourth-order valence-electron chi connectivity index (χ4n) is 3.07. The molecular formula is C21H26N2O7S. The molecule has 0 aromatic heterocycles. The van der Waals surface area contributed by atoms with E-state index in [1.165, 1.54) is 26.4 Å². The highest BCUT2D eigenvalue weighted by Crippen LogP contribution is 2.32. The fraction of sp³-hybridized carbons (Fsp3) is 0.381. The van der Waals surface area contributed by atoms with E-state index in [-0.39, 0.29) is 30.3 Å². The minimum Gasteiger partial charge on any atom is -0.493 e. The Bertz CT molecular complexity index is 1020. The summed E-state index contributed by atoms with van der Waals surface area (Å²) in [6, 6.07) is 9.83. The van der Waals surface area contributed by atoms with Crippen molar-refractivity contribution in [1.29, 1.82) is 0 Å². The fourth-order valence-corrected chi connectivity index (χ4v) is 4.11. The van der Waals surface area contributed by atoms with Crippen LogP contribution in [-0.2, 0) is 21.4 Å². The van der Waals surface area contributed by atoms with E-state index in [0.717, 1.165) is 12.0 Å². The Kier molecular flexibility index (Phi) is 7.59. The van der Waals surface area contributed by atoms with Crippen LogP contribution in [0.4, 0.5) is 0 Å². The van der Waals surface area contributed by atoms with Gasteiger partial charge in [-0.25, -0.2) is 13.1 Å². The first-order valence-electron chi connectivity index (χ1n) is 9.80. The lowest BCUT2D eigenvalue weighted by atomic mass is 10.2. The van der Waals surface area contributed by atoms with Gasteiger partial charge in [0.05, 0.1) is 32.3 Å². The summed E-state index contributed by atoms with van der Waals surface area (Å²) in [7, 11) is -0.728. The largest absolute Gasteiger partial charge is 0.493 e. The molecule has 0 atom stereocenters. The summed E-state index contributed by atoms with van der Waals surface area (Å²) in [5.41, 5.74) is 0.753. The molecule has 3 rings (SSSR count). The molecule has 2 aromatic carbocycles. The van der Waals surface area contributed by atoms with Crippen molar-refractivity contribution in [3.8, 4) is 23.0 Å². The van der Waals surface area contributed by atoms with Crippen molar-refractivity contribution in [2.75, 3.05) is 34.0 Å². The van der Waals surface area contributed by atoms with Crippen LogP contribution in [0.1, 0.15) is 18.4 Å². The van der Waals surface area contributed by atoms with Crippen molar-refractivity contribution in [2.45, 2.75) is 24.3 Å². The molecule has 2 aromatic rings. The zero-order chi connectivity index (χ0) is 22.3. The molecule has 0 radical (unpaired) electrons. The van der Waals surface area contributed by atoms with Gasteiger partial charge < -0.3 is 24.3 Å². The summed E-state index contributed by atoms with van der Waals surface area (Å²) in [4.78, 5) is 12.2. The molecule has 9 nitrogen and oxygen atoms in total. The first-order valence-corrected chi connectivity index (χ1v) is 11.3. The summed E-state index contributed by atoms with van der Waals surface area (Å²) < 4.78 is 49.2. The van der Waals surface area contributed by atoms with Crippen molar-refractivity contribution in [3.63, 3.8) is 0 Å². The third-order valence-corrected chi connectivity index (χ3v) is 6.09. The van der Waals surface area contributed by atoms with Gasteiger partial charge in [-0.2, -0.15) is 0 Å². The number of methoxy groups -OCH3 is 2. The number of hydrogen-bond donors (Lipinski definition) is 2. The topological polar surface area (TPSA) is 112 Å². The van der Waals surface area contributed by atoms with Crippen LogP contribution < -0.4 is 29.0 Å². The van der Waals surface area contributed by atoms with Crippen LogP contribution >= 0.6 is 0 Å². The number of rotatable bonds is 9. The number of carbonyl (C=O) groups is 1. The van der Waals surface area contributed by atoms with E-state index in [0.29, 0.717) is 36.2 Å². The predicted molar refractivity (Wildman–Crippen MR) is 113 cm³/mol. The molecule has 0 saturated heterocycles. The van der Waals surface area contributed by atoms with Gasteiger partial charge >= 0.3 is 0 Å². The van der Waals surface area contributed by atoms with Crippen molar-refractivity contribution in [1.82, 2.24) is 10.0 Å². The number of fused-ring (bicyclic) bond motifs is 1. The molecule has 31 heavy (non-hydrogen) atoms. The first-order chi connectivity index (χ1) is 14.9. The van der Waals surface area contributed by atoms with Gasteiger partial charge in [-0.1, -0.05) is 12.1 Å². The van der Waals surface area contributed by atoms with Gasteiger partial charge in [0.2, 0.25) is 15.9 Å². The quantitative estimate of drug-likeness (QED) is 0.600. The molecule has 1 aliphatic heterocycles. The second-order valence-corrected chi connectivity index (χ2v) is 8.50. The Balaban J connectivity index is 1.53. The number of ether oxygens (including phenoxy) is 4. The van der Waals surface area contributed by atoms with Crippen LogP contribution in [0.3, 0.4) is 0 Å². The Morgan fingerprint density at radius 3 is 2.58 bits per heavy atom. The van der Waals surface area contributed by atoms with Crippen molar-refractivity contribution < 1.29 is 32.2 Å². The Morgan fingerprint density at radius 1 is 1.06 bits per heavy atom. The molecule has 10 heteroatoms. The van der Waals surface area contributed by atoms with Crippen molar-refractivity contribution >= 4 is 15.9 Å². The number of carbonyl (C=O) groups excluding carboxylic acids is 1. The zero-order valence-corrected chi connectivity index (χ0v) is 18.3. The van der Waals surface area contributed by atoms with Gasteiger partial charge in [-0.05, 0) is 18.2 Å². The number of para-hydroxylation sites is 1. The molecule has 0 saturated carbocycles. The smallest absolute Gasteiger partial charge is 0.240 e. The molecule has 1 heterocycles. The van der Waals surface area contributed by atoms with E-state index in [1.807, 2.05) is 6.07 Å². The molecule has 1 amide bonds. The lowest BCUT2D eigenvalue weighted by molar-refractivity contribution is -0.121. The van der Waals surface area contributed by atoms with Gasteiger partial charge in [-0.3, -0.25) is 4.79 Å². The minimum absolute atomic E-state index is 0.0178. The lowest BCUT2D eigenvalue weighted by Crippen LogP contribution is -2.30. The molecule has 0 fully saturated rings. The van der Waals surface area contributed by atoms with Gasteiger partial charge in [0.25, 0.3) is 0 Å².